The molecule has 1 aliphatic rings. The van der Waals surface area contributed by atoms with Crippen molar-refractivity contribution in [2.45, 2.75) is 11.9 Å². The predicted molar refractivity (Wildman–Crippen MR) is 64.5 cm³/mol. The number of halogens is 1. The smallest absolute Gasteiger partial charge is 0.260 e. The maximum absolute atomic E-state index is 12.2. The Kier molecular flexibility index (Phi) is 3.72. The maximum atomic E-state index is 12.2. The minimum Gasteiger partial charge on any atom is -0.319 e. The molecule has 1 aromatic heterocycles. The largest absolute Gasteiger partial charge is 0.319 e. The lowest BCUT2D eigenvalue weighted by molar-refractivity contribution is 0.196. The molecule has 0 saturated carbocycles. The quantitative estimate of drug-likeness (QED) is 0.868. The first-order valence-electron chi connectivity index (χ1n) is 5.47. The van der Waals surface area contributed by atoms with Crippen molar-refractivity contribution in [3.8, 4) is 0 Å². The standard InChI is InChI=1S/C9H15ClN4O2S/c1-2-13-3-5-14(6-4-13)17(15,16)8-7-11-9(10)12-8/h7H,2-6H2,1H3,(H,11,12). The Morgan fingerprint density at radius 2 is 2.06 bits per heavy atom. The Hall–Kier alpha value is -0.630. The molecule has 17 heavy (non-hydrogen) atoms. The molecule has 0 amide bonds. The maximum Gasteiger partial charge on any atom is 0.260 e. The number of H-pyrrole nitrogens is 1. The number of hydrogen-bond acceptors (Lipinski definition) is 4. The molecule has 0 atom stereocenters. The Labute approximate surface area is 106 Å². The Balaban J connectivity index is 2.12. The van der Waals surface area contributed by atoms with Crippen LogP contribution < -0.4 is 0 Å². The van der Waals surface area contributed by atoms with E-state index in [1.807, 2.05) is 0 Å². The molecule has 0 aromatic carbocycles. The van der Waals surface area contributed by atoms with Gasteiger partial charge in [-0.25, -0.2) is 13.4 Å². The number of aromatic nitrogens is 2. The molecule has 1 N–H and O–H groups in total. The first kappa shape index (κ1) is 12.8. The Morgan fingerprint density at radius 3 is 2.53 bits per heavy atom. The second-order valence-electron chi connectivity index (χ2n) is 3.88. The Bertz CT molecular complexity index is 479. The van der Waals surface area contributed by atoms with Gasteiger partial charge in [0.1, 0.15) is 0 Å². The van der Waals surface area contributed by atoms with Crippen molar-refractivity contribution in [2.24, 2.45) is 0 Å². The lowest BCUT2D eigenvalue weighted by Gasteiger charge is -2.32. The van der Waals surface area contributed by atoms with Gasteiger partial charge in [-0.2, -0.15) is 4.31 Å². The molecule has 1 aromatic rings. The van der Waals surface area contributed by atoms with Crippen LogP contribution in [0.2, 0.25) is 5.28 Å². The number of likely N-dealkylation sites (N-methyl/N-ethyl adjacent to an activating group) is 1. The van der Waals surface area contributed by atoms with Crippen LogP contribution in [0.5, 0.6) is 0 Å². The molecule has 2 rings (SSSR count). The third kappa shape index (κ3) is 2.62. The summed E-state index contributed by atoms with van der Waals surface area (Å²) in [5, 5.41) is 0.156. The zero-order valence-corrected chi connectivity index (χ0v) is 11.1. The van der Waals surface area contributed by atoms with Crippen molar-refractivity contribution in [2.75, 3.05) is 32.7 Å². The highest BCUT2D eigenvalue weighted by Crippen LogP contribution is 2.16. The number of piperazine rings is 1. The first-order valence-corrected chi connectivity index (χ1v) is 7.29. The third-order valence-corrected chi connectivity index (χ3v) is 4.92. The number of rotatable bonds is 3. The van der Waals surface area contributed by atoms with Crippen LogP contribution in [-0.4, -0.2) is 60.3 Å². The molecule has 2 heterocycles. The lowest BCUT2D eigenvalue weighted by Crippen LogP contribution is -2.48. The summed E-state index contributed by atoms with van der Waals surface area (Å²) in [6.07, 6.45) is 1.25. The SMILES string of the molecule is CCN1CCN(S(=O)(=O)c2cnc(Cl)[nH]2)CC1. The van der Waals surface area contributed by atoms with Crippen LogP contribution in [-0.2, 0) is 10.0 Å². The second kappa shape index (κ2) is 4.93. The molecule has 1 fully saturated rings. The first-order chi connectivity index (χ1) is 8.04. The van der Waals surface area contributed by atoms with Gasteiger partial charge in [-0.1, -0.05) is 6.92 Å². The zero-order valence-electron chi connectivity index (χ0n) is 9.56. The van der Waals surface area contributed by atoms with Crippen molar-refractivity contribution < 1.29 is 8.42 Å². The summed E-state index contributed by atoms with van der Waals surface area (Å²) in [5.74, 6) is 0. The molecule has 6 nitrogen and oxygen atoms in total. The van der Waals surface area contributed by atoms with Crippen molar-refractivity contribution >= 4 is 21.6 Å². The van der Waals surface area contributed by atoms with E-state index in [4.69, 9.17) is 11.6 Å². The monoisotopic (exact) mass is 278 g/mol. The average Bonchev–Trinajstić information content (AvgIpc) is 2.77. The van der Waals surface area contributed by atoms with E-state index in [1.54, 1.807) is 0 Å². The number of nitrogens with zero attached hydrogens (tertiary/aromatic N) is 3. The van der Waals surface area contributed by atoms with Gasteiger partial charge < -0.3 is 9.88 Å². The van der Waals surface area contributed by atoms with Gasteiger partial charge in [-0.15, -0.1) is 0 Å². The molecule has 0 unspecified atom stereocenters. The molecule has 0 spiro atoms. The molecule has 0 aliphatic carbocycles. The summed E-state index contributed by atoms with van der Waals surface area (Å²) >= 11 is 5.59. The number of nitrogens with one attached hydrogen (secondary N) is 1. The second-order valence-corrected chi connectivity index (χ2v) is 6.14. The lowest BCUT2D eigenvalue weighted by atomic mass is 10.4. The summed E-state index contributed by atoms with van der Waals surface area (Å²) in [5.41, 5.74) is 0. The number of sulfonamides is 1. The summed E-state index contributed by atoms with van der Waals surface area (Å²) in [6, 6.07) is 0. The Morgan fingerprint density at radius 1 is 1.41 bits per heavy atom. The van der Waals surface area contributed by atoms with E-state index in [0.29, 0.717) is 13.1 Å². The fraction of sp³-hybridized carbons (Fsp3) is 0.667. The van der Waals surface area contributed by atoms with Crippen LogP contribution >= 0.6 is 11.6 Å². The summed E-state index contributed by atoms with van der Waals surface area (Å²) in [4.78, 5) is 8.47. The number of hydrogen-bond donors (Lipinski definition) is 1. The molecular formula is C9H15ClN4O2S. The molecule has 0 bridgehead atoms. The van der Waals surface area contributed by atoms with E-state index < -0.39 is 10.0 Å². The molecule has 1 aliphatic heterocycles. The number of aromatic amines is 1. The van der Waals surface area contributed by atoms with Gasteiger partial charge in [0.15, 0.2) is 5.03 Å². The van der Waals surface area contributed by atoms with Gasteiger partial charge in [0.25, 0.3) is 10.0 Å². The normalized spacial score (nSPS) is 19.6. The molecule has 1 saturated heterocycles. The van der Waals surface area contributed by atoms with Crippen molar-refractivity contribution in [3.05, 3.63) is 11.5 Å². The van der Waals surface area contributed by atoms with Gasteiger partial charge in [-0.3, -0.25) is 0 Å². The summed E-state index contributed by atoms with van der Waals surface area (Å²) in [7, 11) is -3.47. The molecule has 8 heteroatoms. The van der Waals surface area contributed by atoms with E-state index in [1.165, 1.54) is 10.5 Å². The molecular weight excluding hydrogens is 264 g/mol. The predicted octanol–water partition coefficient (Wildman–Crippen LogP) is 0.389. The number of imidazole rings is 1. The van der Waals surface area contributed by atoms with Crippen molar-refractivity contribution in [1.29, 1.82) is 0 Å². The van der Waals surface area contributed by atoms with Crippen molar-refractivity contribution in [1.82, 2.24) is 19.2 Å². The fourth-order valence-corrected chi connectivity index (χ4v) is 3.38. The van der Waals surface area contributed by atoms with E-state index in [0.717, 1.165) is 19.6 Å². The van der Waals surface area contributed by atoms with E-state index in [2.05, 4.69) is 21.8 Å². The van der Waals surface area contributed by atoms with Gasteiger partial charge in [0, 0.05) is 26.2 Å². The van der Waals surface area contributed by atoms with Gasteiger partial charge in [0.05, 0.1) is 6.20 Å². The van der Waals surface area contributed by atoms with Crippen LogP contribution in [0.15, 0.2) is 11.2 Å². The average molecular weight is 279 g/mol. The topological polar surface area (TPSA) is 69.3 Å². The van der Waals surface area contributed by atoms with E-state index in [-0.39, 0.29) is 10.3 Å². The van der Waals surface area contributed by atoms with Crippen molar-refractivity contribution in [3.63, 3.8) is 0 Å². The minimum absolute atomic E-state index is 0.0625. The zero-order chi connectivity index (χ0) is 12.5. The van der Waals surface area contributed by atoms with Crippen LogP contribution in [0.25, 0.3) is 0 Å². The molecule has 0 radical (unpaired) electrons. The van der Waals surface area contributed by atoms with Gasteiger partial charge in [-0.05, 0) is 18.1 Å². The van der Waals surface area contributed by atoms with E-state index in [9.17, 15) is 8.42 Å². The van der Waals surface area contributed by atoms with Crippen LogP contribution in [0.4, 0.5) is 0 Å². The highest BCUT2D eigenvalue weighted by Gasteiger charge is 2.29. The fourth-order valence-electron chi connectivity index (χ4n) is 1.84. The highest BCUT2D eigenvalue weighted by atomic mass is 35.5. The minimum atomic E-state index is -3.47. The van der Waals surface area contributed by atoms with Gasteiger partial charge >= 0.3 is 0 Å². The van der Waals surface area contributed by atoms with Gasteiger partial charge in [0.2, 0.25) is 5.28 Å². The summed E-state index contributed by atoms with van der Waals surface area (Å²) < 4.78 is 25.8. The van der Waals surface area contributed by atoms with Crippen LogP contribution in [0, 0.1) is 0 Å². The third-order valence-electron chi connectivity index (χ3n) is 2.92. The highest BCUT2D eigenvalue weighted by molar-refractivity contribution is 7.89. The summed E-state index contributed by atoms with van der Waals surface area (Å²) in [6.45, 7) is 5.55. The van der Waals surface area contributed by atoms with Crippen LogP contribution in [0.3, 0.4) is 0 Å². The van der Waals surface area contributed by atoms with Crippen LogP contribution in [0.1, 0.15) is 6.92 Å². The van der Waals surface area contributed by atoms with E-state index >= 15 is 0 Å². The molecule has 96 valence electrons.